The van der Waals surface area contributed by atoms with Crippen LogP contribution < -0.4 is 10.6 Å². The number of ether oxygens (including phenoxy) is 1. The van der Waals surface area contributed by atoms with E-state index < -0.39 is 23.8 Å². The fourth-order valence-corrected chi connectivity index (χ4v) is 5.54. The maximum atomic E-state index is 14.8. The molecule has 4 unspecified atom stereocenters. The number of carbonyl (C=O) groups is 3. The first-order valence-corrected chi connectivity index (χ1v) is 15.2. The van der Waals surface area contributed by atoms with Crippen molar-refractivity contribution < 1.29 is 24.2 Å². The van der Waals surface area contributed by atoms with E-state index in [1.165, 1.54) is 0 Å². The molecule has 0 aromatic heterocycles. The molecule has 8 nitrogen and oxygen atoms in total. The molecule has 0 heterocycles. The summed E-state index contributed by atoms with van der Waals surface area (Å²) >= 11 is 0. The van der Waals surface area contributed by atoms with Crippen LogP contribution in [0.4, 0.5) is 10.5 Å². The number of hydrogen-bond acceptors (Lipinski definition) is 5. The Morgan fingerprint density at radius 1 is 0.955 bits per heavy atom. The van der Waals surface area contributed by atoms with Gasteiger partial charge in [-0.15, -0.1) is 0 Å². The molecule has 4 atom stereocenters. The number of anilines is 1. The Bertz CT molecular complexity index is 1510. The average Bonchev–Trinajstić information content (AvgIpc) is 3.65. The summed E-state index contributed by atoms with van der Waals surface area (Å²) in [6, 6.07) is 16.1. The molecule has 234 valence electrons. The van der Waals surface area contributed by atoms with Crippen LogP contribution in [0.25, 0.3) is 0 Å². The Labute approximate surface area is 260 Å². The second kappa shape index (κ2) is 13.1. The highest BCUT2D eigenvalue weighted by molar-refractivity contribution is 6.00. The fraction of sp³-hybridized carbons (Fsp3) is 0.417. The van der Waals surface area contributed by atoms with Gasteiger partial charge >= 0.3 is 6.09 Å². The lowest BCUT2D eigenvalue weighted by atomic mass is 9.94. The largest absolute Gasteiger partial charge is 0.508 e. The van der Waals surface area contributed by atoms with Crippen molar-refractivity contribution in [2.24, 2.45) is 5.92 Å². The highest BCUT2D eigenvalue weighted by Crippen LogP contribution is 2.42. The van der Waals surface area contributed by atoms with E-state index in [0.29, 0.717) is 0 Å². The summed E-state index contributed by atoms with van der Waals surface area (Å²) < 4.78 is 5.54. The summed E-state index contributed by atoms with van der Waals surface area (Å²) in [6.07, 6.45) is 0.164. The van der Waals surface area contributed by atoms with E-state index in [-0.39, 0.29) is 35.9 Å². The summed E-state index contributed by atoms with van der Waals surface area (Å²) in [5, 5.41) is 15.8. The number of hydrogen-bond donors (Lipinski definition) is 3. The van der Waals surface area contributed by atoms with Gasteiger partial charge in [-0.1, -0.05) is 61.0 Å². The van der Waals surface area contributed by atoms with E-state index in [1.54, 1.807) is 49.9 Å². The first-order valence-electron chi connectivity index (χ1n) is 15.2. The van der Waals surface area contributed by atoms with Gasteiger partial charge in [-0.25, -0.2) is 4.79 Å². The molecule has 3 aromatic rings. The van der Waals surface area contributed by atoms with Crippen LogP contribution in [0.1, 0.15) is 73.5 Å². The number of phenolic OH excluding ortho intramolecular Hbond substituents is 1. The van der Waals surface area contributed by atoms with E-state index in [4.69, 9.17) is 4.74 Å². The van der Waals surface area contributed by atoms with E-state index in [2.05, 4.69) is 17.6 Å². The number of phenols is 1. The van der Waals surface area contributed by atoms with Crippen molar-refractivity contribution in [3.8, 4) is 5.75 Å². The molecule has 1 aliphatic carbocycles. The number of benzene rings is 3. The Hall–Kier alpha value is -4.33. The molecule has 0 aliphatic heterocycles. The lowest BCUT2D eigenvalue weighted by molar-refractivity contribution is -0.141. The first-order chi connectivity index (χ1) is 20.6. The van der Waals surface area contributed by atoms with Crippen LogP contribution in [0.2, 0.25) is 0 Å². The van der Waals surface area contributed by atoms with Crippen LogP contribution in [0.5, 0.6) is 5.75 Å². The smallest absolute Gasteiger partial charge is 0.408 e. The number of aryl methyl sites for hydroxylation is 4. The number of aromatic hydroxyl groups is 1. The third-order valence-electron chi connectivity index (χ3n) is 8.03. The molecule has 0 spiro atoms. The minimum atomic E-state index is -1.03. The lowest BCUT2D eigenvalue weighted by Crippen LogP contribution is -2.54. The molecule has 1 aliphatic rings. The zero-order valence-corrected chi connectivity index (χ0v) is 27.0. The number of alkyl carbamates (subject to hydrolysis) is 1. The third kappa shape index (κ3) is 7.98. The zero-order valence-electron chi connectivity index (χ0n) is 27.0. The molecule has 3 amide bonds. The number of para-hydroxylation sites is 1. The Kier molecular flexibility index (Phi) is 9.72. The summed E-state index contributed by atoms with van der Waals surface area (Å²) in [6.45, 7) is 15.1. The minimum absolute atomic E-state index is 0.100. The predicted molar refractivity (Wildman–Crippen MR) is 173 cm³/mol. The van der Waals surface area contributed by atoms with Crippen LogP contribution in [-0.4, -0.2) is 45.6 Å². The summed E-state index contributed by atoms with van der Waals surface area (Å²) in [7, 11) is 0. The number of nitrogens with one attached hydrogen (secondary N) is 2. The third-order valence-corrected chi connectivity index (χ3v) is 8.03. The monoisotopic (exact) mass is 599 g/mol. The molecular weight excluding hydrogens is 554 g/mol. The first kappa shape index (κ1) is 32.6. The van der Waals surface area contributed by atoms with Crippen LogP contribution in [0, 0.1) is 33.6 Å². The molecule has 0 radical (unpaired) electrons. The van der Waals surface area contributed by atoms with Crippen molar-refractivity contribution in [1.29, 1.82) is 0 Å². The van der Waals surface area contributed by atoms with Gasteiger partial charge in [-0.05, 0) is 101 Å². The van der Waals surface area contributed by atoms with Gasteiger partial charge in [0.25, 0.3) is 5.91 Å². The van der Waals surface area contributed by atoms with E-state index >= 15 is 0 Å². The van der Waals surface area contributed by atoms with E-state index in [1.807, 2.05) is 64.1 Å². The number of carbonyl (C=O) groups excluding carboxylic acids is 3. The molecular formula is C36H45N3O5. The molecule has 44 heavy (non-hydrogen) atoms. The van der Waals surface area contributed by atoms with Gasteiger partial charge in [-0.2, -0.15) is 0 Å². The van der Waals surface area contributed by atoms with Crippen molar-refractivity contribution in [3.05, 3.63) is 94.0 Å². The molecule has 4 rings (SSSR count). The summed E-state index contributed by atoms with van der Waals surface area (Å²) in [4.78, 5) is 44.0. The van der Waals surface area contributed by atoms with Crippen molar-refractivity contribution in [3.63, 3.8) is 0 Å². The average molecular weight is 600 g/mol. The maximum Gasteiger partial charge on any atom is 0.408 e. The number of nitrogens with zero attached hydrogens (tertiary/aromatic N) is 1. The van der Waals surface area contributed by atoms with Gasteiger partial charge in [0, 0.05) is 18.2 Å². The van der Waals surface area contributed by atoms with Gasteiger partial charge < -0.3 is 25.4 Å². The van der Waals surface area contributed by atoms with Gasteiger partial charge in [0.05, 0.1) is 0 Å². The van der Waals surface area contributed by atoms with Crippen molar-refractivity contribution >= 4 is 23.6 Å². The molecule has 0 bridgehead atoms. The predicted octanol–water partition coefficient (Wildman–Crippen LogP) is 6.68. The van der Waals surface area contributed by atoms with Crippen molar-refractivity contribution in [2.75, 3.05) is 5.32 Å². The molecule has 0 saturated heterocycles. The highest BCUT2D eigenvalue weighted by atomic mass is 16.6. The van der Waals surface area contributed by atoms with Crippen LogP contribution >= 0.6 is 0 Å². The van der Waals surface area contributed by atoms with Gasteiger partial charge in [-0.3, -0.25) is 9.59 Å². The Morgan fingerprint density at radius 3 is 2.14 bits per heavy atom. The quantitative estimate of drug-likeness (QED) is 0.254. The molecule has 1 fully saturated rings. The normalized spacial score (nSPS) is 17.3. The van der Waals surface area contributed by atoms with Crippen LogP contribution in [0.3, 0.4) is 0 Å². The second-order valence-electron chi connectivity index (χ2n) is 13.1. The van der Waals surface area contributed by atoms with E-state index in [9.17, 15) is 19.5 Å². The summed E-state index contributed by atoms with van der Waals surface area (Å²) in [5.41, 5.74) is 5.13. The highest BCUT2D eigenvalue weighted by Gasteiger charge is 2.48. The van der Waals surface area contributed by atoms with E-state index in [0.717, 1.165) is 45.5 Å². The molecule has 8 heteroatoms. The number of rotatable bonds is 9. The standard InChI is InChI=1S/C36H45N3O5/c1-21-12-13-22(2)28(18-21)32(33(41)38-31-23(3)10-9-11-24(31)4)39(30-19-25(30)5)34(42)29(37-35(43)44-36(6,7)8)20-26-14-16-27(40)17-15-26/h9-18,25,29-30,32,40H,19-20H2,1-8H3,(H,37,43)(H,38,41). The van der Waals surface area contributed by atoms with Crippen LogP contribution in [-0.2, 0) is 20.7 Å². The maximum absolute atomic E-state index is 14.8. The number of amides is 3. The summed E-state index contributed by atoms with van der Waals surface area (Å²) in [5.74, 6) is -0.413. The van der Waals surface area contributed by atoms with Crippen LogP contribution in [0.15, 0.2) is 60.7 Å². The van der Waals surface area contributed by atoms with Gasteiger partial charge in [0.2, 0.25) is 5.91 Å². The Morgan fingerprint density at radius 2 is 1.57 bits per heavy atom. The Balaban J connectivity index is 1.81. The zero-order chi connectivity index (χ0) is 32.3. The molecule has 3 aromatic carbocycles. The molecule has 1 saturated carbocycles. The van der Waals surface area contributed by atoms with Crippen molar-refractivity contribution in [1.82, 2.24) is 10.2 Å². The molecule has 3 N–H and O–H groups in total. The second-order valence-corrected chi connectivity index (χ2v) is 13.1. The lowest BCUT2D eigenvalue weighted by Gasteiger charge is -2.36. The van der Waals surface area contributed by atoms with Crippen molar-refractivity contribution in [2.45, 2.75) is 92.0 Å². The van der Waals surface area contributed by atoms with Gasteiger partial charge in [0.15, 0.2) is 0 Å². The topological polar surface area (TPSA) is 108 Å². The minimum Gasteiger partial charge on any atom is -0.508 e. The fourth-order valence-electron chi connectivity index (χ4n) is 5.54. The SMILES string of the molecule is Cc1ccc(C)c(C(C(=O)Nc2c(C)cccc2C)N(C(=O)C(Cc2ccc(O)cc2)NC(=O)OC(C)(C)C)C2CC2C)c1. The van der Waals surface area contributed by atoms with Gasteiger partial charge in [0.1, 0.15) is 23.4 Å².